The first-order valence-corrected chi connectivity index (χ1v) is 7.50. The smallest absolute Gasteiger partial charge is 0.337 e. The number of aromatic carboxylic acids is 1. The Morgan fingerprint density at radius 1 is 1.33 bits per heavy atom. The summed E-state index contributed by atoms with van der Waals surface area (Å²) < 4.78 is 31.2. The Kier molecular flexibility index (Phi) is 4.08. The third-order valence-electron chi connectivity index (χ3n) is 2.27. The average molecular weight is 352 g/mol. The summed E-state index contributed by atoms with van der Waals surface area (Å²) in [6.07, 6.45) is 0. The van der Waals surface area contributed by atoms with Crippen molar-refractivity contribution in [3.63, 3.8) is 0 Å². The third kappa shape index (κ3) is 3.26. The van der Waals surface area contributed by atoms with Crippen LogP contribution in [0.3, 0.4) is 0 Å². The van der Waals surface area contributed by atoms with Crippen molar-refractivity contribution in [1.29, 1.82) is 0 Å². The highest BCUT2D eigenvalue weighted by Gasteiger charge is 2.25. The van der Waals surface area contributed by atoms with Crippen molar-refractivity contribution in [2.45, 2.75) is 11.8 Å². The summed E-state index contributed by atoms with van der Waals surface area (Å²) in [6, 6.07) is 1.68. The van der Waals surface area contributed by atoms with Crippen LogP contribution in [-0.2, 0) is 10.0 Å². The lowest BCUT2D eigenvalue weighted by Crippen LogP contribution is -2.15. The van der Waals surface area contributed by atoms with Crippen LogP contribution in [0.25, 0.3) is 0 Å². The quantitative estimate of drug-likeness (QED) is 0.865. The molecule has 112 valence electrons. The van der Waals surface area contributed by atoms with E-state index >= 15 is 0 Å². The molecule has 0 fully saturated rings. The van der Waals surface area contributed by atoms with Crippen LogP contribution in [-0.4, -0.2) is 29.7 Å². The van der Waals surface area contributed by atoms with Gasteiger partial charge in [0.05, 0.1) is 10.6 Å². The number of carboxylic acid groups (broad SMARTS) is 1. The van der Waals surface area contributed by atoms with Gasteiger partial charge >= 0.3 is 12.0 Å². The number of anilines is 1. The van der Waals surface area contributed by atoms with Gasteiger partial charge in [0.2, 0.25) is 5.89 Å². The van der Waals surface area contributed by atoms with Crippen LogP contribution in [0.4, 0.5) is 6.01 Å². The molecule has 2 rings (SSSR count). The van der Waals surface area contributed by atoms with Gasteiger partial charge in [0.1, 0.15) is 4.90 Å². The number of halogens is 2. The third-order valence-corrected chi connectivity index (χ3v) is 4.35. The molecule has 0 aliphatic heterocycles. The van der Waals surface area contributed by atoms with E-state index in [1.165, 1.54) is 6.92 Å². The Balaban J connectivity index is 2.52. The molecular weight excluding hydrogens is 345 g/mol. The molecule has 1 aromatic carbocycles. The highest BCUT2D eigenvalue weighted by atomic mass is 35.5. The molecule has 0 saturated carbocycles. The van der Waals surface area contributed by atoms with E-state index in [1.54, 1.807) is 0 Å². The first-order valence-electron chi connectivity index (χ1n) is 5.26. The Morgan fingerprint density at radius 2 is 2.00 bits per heavy atom. The van der Waals surface area contributed by atoms with E-state index in [0.29, 0.717) is 0 Å². The first-order chi connectivity index (χ1) is 9.70. The maximum absolute atomic E-state index is 12.2. The SMILES string of the molecule is Cc1nnc(NS(=O)(=O)c2cc(Cl)cc(C(=O)O)c2Cl)o1. The standard InChI is InChI=1S/C10H7Cl2N3O5S/c1-4-13-14-10(20-4)15-21(18,19)7-3-5(11)2-6(8(7)12)9(16)17/h2-3H,1H3,(H,14,15)(H,16,17). The minimum Gasteiger partial charge on any atom is -0.478 e. The van der Waals surface area contributed by atoms with Crippen molar-refractivity contribution >= 4 is 45.2 Å². The van der Waals surface area contributed by atoms with Crippen LogP contribution in [0.2, 0.25) is 10.0 Å². The molecule has 2 aromatic rings. The number of hydrogen-bond acceptors (Lipinski definition) is 6. The predicted molar refractivity (Wildman–Crippen MR) is 73.3 cm³/mol. The van der Waals surface area contributed by atoms with E-state index < -0.39 is 31.5 Å². The molecule has 21 heavy (non-hydrogen) atoms. The molecular formula is C10H7Cl2N3O5S. The molecule has 11 heteroatoms. The number of benzene rings is 1. The molecule has 0 amide bonds. The second-order valence-corrected chi connectivity index (χ2v) is 6.27. The van der Waals surface area contributed by atoms with Crippen molar-refractivity contribution in [3.05, 3.63) is 33.6 Å². The molecule has 0 bridgehead atoms. The predicted octanol–water partition coefficient (Wildman–Crippen LogP) is 2.18. The number of nitrogens with one attached hydrogen (secondary N) is 1. The number of aromatic nitrogens is 2. The monoisotopic (exact) mass is 351 g/mol. The number of carboxylic acids is 1. The fourth-order valence-corrected chi connectivity index (χ4v) is 3.25. The van der Waals surface area contributed by atoms with Crippen molar-refractivity contribution in [2.75, 3.05) is 4.72 Å². The summed E-state index contributed by atoms with van der Waals surface area (Å²) in [5.74, 6) is -1.26. The molecule has 2 N–H and O–H groups in total. The van der Waals surface area contributed by atoms with Gasteiger partial charge in [-0.1, -0.05) is 28.3 Å². The summed E-state index contributed by atoms with van der Waals surface area (Å²) in [4.78, 5) is 10.5. The normalized spacial score (nSPS) is 11.4. The molecule has 0 aliphatic carbocycles. The van der Waals surface area contributed by atoms with Gasteiger partial charge in [-0.3, -0.25) is 0 Å². The van der Waals surface area contributed by atoms with E-state index in [4.69, 9.17) is 32.7 Å². The maximum atomic E-state index is 12.2. The number of rotatable bonds is 4. The average Bonchev–Trinajstić information content (AvgIpc) is 2.76. The molecule has 1 heterocycles. The minimum absolute atomic E-state index is 0.0983. The second-order valence-electron chi connectivity index (χ2n) is 3.80. The number of nitrogens with zero attached hydrogens (tertiary/aromatic N) is 2. The maximum Gasteiger partial charge on any atom is 0.337 e. The van der Waals surface area contributed by atoms with E-state index in [0.717, 1.165) is 12.1 Å². The fourth-order valence-electron chi connectivity index (χ4n) is 1.42. The minimum atomic E-state index is -4.24. The van der Waals surface area contributed by atoms with Crippen LogP contribution in [0.1, 0.15) is 16.2 Å². The van der Waals surface area contributed by atoms with Crippen LogP contribution in [0.5, 0.6) is 0 Å². The van der Waals surface area contributed by atoms with E-state index in [2.05, 4.69) is 10.2 Å². The van der Waals surface area contributed by atoms with E-state index in [-0.39, 0.29) is 16.9 Å². The molecule has 8 nitrogen and oxygen atoms in total. The van der Waals surface area contributed by atoms with Crippen LogP contribution in [0, 0.1) is 6.92 Å². The van der Waals surface area contributed by atoms with Crippen molar-refractivity contribution in [3.8, 4) is 0 Å². The highest BCUT2D eigenvalue weighted by Crippen LogP contribution is 2.30. The van der Waals surface area contributed by atoms with Gasteiger partial charge in [-0.25, -0.2) is 17.9 Å². The van der Waals surface area contributed by atoms with E-state index in [9.17, 15) is 13.2 Å². The highest BCUT2D eigenvalue weighted by molar-refractivity contribution is 7.92. The largest absolute Gasteiger partial charge is 0.478 e. The fraction of sp³-hybridized carbons (Fsp3) is 0.100. The summed E-state index contributed by atoms with van der Waals surface area (Å²) in [5, 5.41) is 15.3. The lowest BCUT2D eigenvalue weighted by Gasteiger charge is -2.09. The Hall–Kier alpha value is -1.84. The van der Waals surface area contributed by atoms with Gasteiger partial charge in [0.25, 0.3) is 10.0 Å². The number of aryl methyl sites for hydroxylation is 1. The van der Waals surface area contributed by atoms with E-state index in [1.807, 2.05) is 4.72 Å². The topological polar surface area (TPSA) is 122 Å². The zero-order valence-corrected chi connectivity index (χ0v) is 12.6. The van der Waals surface area contributed by atoms with Crippen molar-refractivity contribution < 1.29 is 22.7 Å². The zero-order chi connectivity index (χ0) is 15.8. The lowest BCUT2D eigenvalue weighted by molar-refractivity contribution is 0.0697. The molecule has 0 spiro atoms. The Labute approximate surface area is 128 Å². The summed E-state index contributed by atoms with van der Waals surface area (Å²) >= 11 is 11.5. The lowest BCUT2D eigenvalue weighted by atomic mass is 10.2. The summed E-state index contributed by atoms with van der Waals surface area (Å²) in [6.45, 7) is 1.47. The summed E-state index contributed by atoms with van der Waals surface area (Å²) in [7, 11) is -4.24. The second kappa shape index (κ2) is 5.51. The van der Waals surface area contributed by atoms with Gasteiger partial charge in [-0.2, -0.15) is 0 Å². The van der Waals surface area contributed by atoms with Gasteiger partial charge in [-0.05, 0) is 12.1 Å². The molecule has 1 aromatic heterocycles. The number of hydrogen-bond donors (Lipinski definition) is 2. The van der Waals surface area contributed by atoms with Crippen molar-refractivity contribution in [1.82, 2.24) is 10.2 Å². The van der Waals surface area contributed by atoms with Crippen LogP contribution >= 0.6 is 23.2 Å². The van der Waals surface area contributed by atoms with Gasteiger partial charge in [-0.15, -0.1) is 5.10 Å². The number of sulfonamides is 1. The molecule has 0 aliphatic rings. The van der Waals surface area contributed by atoms with Gasteiger partial charge in [0, 0.05) is 11.9 Å². The van der Waals surface area contributed by atoms with Crippen LogP contribution < -0.4 is 4.72 Å². The molecule has 0 radical (unpaired) electrons. The summed E-state index contributed by atoms with van der Waals surface area (Å²) in [5.41, 5.74) is -0.439. The first kappa shape index (κ1) is 15.5. The Morgan fingerprint density at radius 3 is 2.52 bits per heavy atom. The number of carbonyl (C=O) groups is 1. The Bertz CT molecular complexity index is 818. The molecule has 0 atom stereocenters. The van der Waals surface area contributed by atoms with Gasteiger partial charge in [0.15, 0.2) is 0 Å². The van der Waals surface area contributed by atoms with Crippen LogP contribution in [0.15, 0.2) is 21.4 Å². The van der Waals surface area contributed by atoms with Gasteiger partial charge < -0.3 is 9.52 Å². The molecule has 0 saturated heterocycles. The molecule has 0 unspecified atom stereocenters. The van der Waals surface area contributed by atoms with Crippen molar-refractivity contribution in [2.24, 2.45) is 0 Å². The zero-order valence-electron chi connectivity index (χ0n) is 10.3.